The van der Waals surface area contributed by atoms with Gasteiger partial charge in [-0.05, 0) is 67.3 Å². The van der Waals surface area contributed by atoms with Gasteiger partial charge in [0.15, 0.2) is 5.65 Å². The van der Waals surface area contributed by atoms with Gasteiger partial charge in [-0.1, -0.05) is 12.1 Å². The highest BCUT2D eigenvalue weighted by atomic mass is 19.1. The molecular weight excluding hydrogens is 407 g/mol. The highest BCUT2D eigenvalue weighted by Gasteiger charge is 2.16. The Morgan fingerprint density at radius 1 is 1.09 bits per heavy atom. The topological polar surface area (TPSA) is 59.7 Å². The van der Waals surface area contributed by atoms with E-state index in [0.29, 0.717) is 29.7 Å². The molecular formula is C25H25FN4O2. The first-order chi connectivity index (χ1) is 15.4. The number of pyridine rings is 1. The van der Waals surface area contributed by atoms with Crippen molar-refractivity contribution in [2.24, 2.45) is 0 Å². The van der Waals surface area contributed by atoms with Gasteiger partial charge in [-0.3, -0.25) is 9.20 Å². The second-order valence-corrected chi connectivity index (χ2v) is 7.91. The van der Waals surface area contributed by atoms with E-state index < -0.39 is 0 Å². The van der Waals surface area contributed by atoms with Gasteiger partial charge < -0.3 is 9.64 Å². The zero-order valence-corrected chi connectivity index (χ0v) is 18.6. The summed E-state index contributed by atoms with van der Waals surface area (Å²) >= 11 is 0. The molecule has 0 atom stereocenters. The lowest BCUT2D eigenvalue weighted by Crippen LogP contribution is -2.21. The molecule has 2 aromatic carbocycles. The number of aryl methyl sites for hydroxylation is 2. The fourth-order valence-electron chi connectivity index (χ4n) is 3.96. The lowest BCUT2D eigenvalue weighted by Gasteiger charge is -2.14. The predicted octanol–water partition coefficient (Wildman–Crippen LogP) is 4.34. The molecule has 2 aromatic heterocycles. The normalized spacial score (nSPS) is 11.0. The summed E-state index contributed by atoms with van der Waals surface area (Å²) in [4.78, 5) is 13.8. The van der Waals surface area contributed by atoms with Crippen molar-refractivity contribution in [1.29, 1.82) is 0 Å². The third-order valence-electron chi connectivity index (χ3n) is 5.64. The number of halogens is 1. The fraction of sp³-hybridized carbons (Fsp3) is 0.240. The van der Waals surface area contributed by atoms with Crippen LogP contribution in [0.4, 0.5) is 4.39 Å². The zero-order valence-electron chi connectivity index (χ0n) is 18.6. The summed E-state index contributed by atoms with van der Waals surface area (Å²) in [6, 6.07) is 14.5. The number of benzene rings is 2. The van der Waals surface area contributed by atoms with Crippen LogP contribution in [0.3, 0.4) is 0 Å². The van der Waals surface area contributed by atoms with Crippen molar-refractivity contribution in [1.82, 2.24) is 19.5 Å². The summed E-state index contributed by atoms with van der Waals surface area (Å²) in [6.07, 6.45) is 2.76. The van der Waals surface area contributed by atoms with Gasteiger partial charge in [-0.2, -0.15) is 0 Å². The summed E-state index contributed by atoms with van der Waals surface area (Å²) in [5.41, 5.74) is 5.78. The molecule has 4 rings (SSSR count). The molecule has 32 heavy (non-hydrogen) atoms. The van der Waals surface area contributed by atoms with Gasteiger partial charge in [-0.25, -0.2) is 4.39 Å². The van der Waals surface area contributed by atoms with Crippen molar-refractivity contribution in [2.75, 3.05) is 21.2 Å². The average Bonchev–Trinajstić information content (AvgIpc) is 3.28. The number of methoxy groups -OCH3 is 1. The first kappa shape index (κ1) is 21.5. The van der Waals surface area contributed by atoms with E-state index in [-0.39, 0.29) is 11.7 Å². The minimum atomic E-state index is -0.274. The Balaban J connectivity index is 1.67. The Morgan fingerprint density at radius 3 is 2.59 bits per heavy atom. The molecule has 164 valence electrons. The predicted molar refractivity (Wildman–Crippen MR) is 122 cm³/mol. The minimum absolute atomic E-state index is 0.0359. The number of ether oxygens (including phenoxy) is 1. The first-order valence-electron chi connectivity index (χ1n) is 10.4. The van der Waals surface area contributed by atoms with E-state index in [1.165, 1.54) is 6.07 Å². The van der Waals surface area contributed by atoms with Crippen LogP contribution in [0.15, 0.2) is 54.9 Å². The largest absolute Gasteiger partial charge is 0.496 e. The van der Waals surface area contributed by atoms with Gasteiger partial charge in [0, 0.05) is 36.5 Å². The number of carbonyl (C=O) groups is 1. The van der Waals surface area contributed by atoms with Crippen LogP contribution in [-0.2, 0) is 12.8 Å². The maximum Gasteiger partial charge on any atom is 0.253 e. The van der Waals surface area contributed by atoms with E-state index in [9.17, 15) is 9.18 Å². The molecule has 0 aliphatic carbocycles. The van der Waals surface area contributed by atoms with Crippen molar-refractivity contribution in [3.63, 3.8) is 0 Å². The molecule has 0 radical (unpaired) electrons. The Kier molecular flexibility index (Phi) is 5.90. The molecule has 0 saturated carbocycles. The second kappa shape index (κ2) is 8.78. The molecule has 0 fully saturated rings. The number of aromatic nitrogens is 3. The van der Waals surface area contributed by atoms with Gasteiger partial charge in [-0.15, -0.1) is 10.2 Å². The molecule has 7 heteroatoms. The maximum absolute atomic E-state index is 14.3. The summed E-state index contributed by atoms with van der Waals surface area (Å²) in [7, 11) is 5.02. The van der Waals surface area contributed by atoms with E-state index in [0.717, 1.165) is 28.0 Å². The zero-order chi connectivity index (χ0) is 22.8. The van der Waals surface area contributed by atoms with E-state index in [4.69, 9.17) is 4.74 Å². The van der Waals surface area contributed by atoms with E-state index in [1.54, 1.807) is 44.6 Å². The highest BCUT2D eigenvalue weighted by Crippen LogP contribution is 2.29. The van der Waals surface area contributed by atoms with Crippen LogP contribution in [0.25, 0.3) is 16.8 Å². The third-order valence-corrected chi connectivity index (χ3v) is 5.64. The smallest absolute Gasteiger partial charge is 0.253 e. The molecule has 4 aromatic rings. The van der Waals surface area contributed by atoms with Gasteiger partial charge in [0.2, 0.25) is 0 Å². The van der Waals surface area contributed by atoms with Crippen LogP contribution in [-0.4, -0.2) is 46.6 Å². The molecule has 0 unspecified atom stereocenters. The van der Waals surface area contributed by atoms with Crippen LogP contribution >= 0.6 is 0 Å². The molecule has 0 aliphatic rings. The summed E-state index contributed by atoms with van der Waals surface area (Å²) in [6.45, 7) is 1.98. The van der Waals surface area contributed by atoms with Gasteiger partial charge in [0.05, 0.1) is 7.11 Å². The van der Waals surface area contributed by atoms with Gasteiger partial charge in [0.25, 0.3) is 5.91 Å². The molecule has 0 spiro atoms. The van der Waals surface area contributed by atoms with Crippen molar-refractivity contribution in [3.8, 4) is 16.9 Å². The van der Waals surface area contributed by atoms with E-state index in [2.05, 4.69) is 10.2 Å². The molecule has 6 nitrogen and oxygen atoms in total. The Hall–Kier alpha value is -3.74. The molecule has 0 saturated heterocycles. The third kappa shape index (κ3) is 3.93. The monoisotopic (exact) mass is 432 g/mol. The van der Waals surface area contributed by atoms with Crippen LogP contribution in [0.1, 0.15) is 27.2 Å². The molecule has 1 amide bonds. The molecule has 2 heterocycles. The summed E-state index contributed by atoms with van der Waals surface area (Å²) in [5.74, 6) is 0.236. The Labute approximate surface area is 186 Å². The minimum Gasteiger partial charge on any atom is -0.496 e. The van der Waals surface area contributed by atoms with Gasteiger partial charge >= 0.3 is 0 Å². The lowest BCUT2D eigenvalue weighted by atomic mass is 9.98. The SMILES string of the molecule is COc1cccc(F)c1CCc1ccc(-c2ccc(C(=O)N(C)C)cc2C)c2nncn12. The first-order valence-corrected chi connectivity index (χ1v) is 10.4. The standard InChI is InChI=1S/C25H25FN4O2/c1-16-14-17(25(31)29(2)3)8-11-19(16)20-12-9-18(30-15-27-28-24(20)30)10-13-21-22(26)6-5-7-23(21)32-4/h5-9,11-12,14-15H,10,13H2,1-4H3. The van der Waals surface area contributed by atoms with Crippen molar-refractivity contribution >= 4 is 11.6 Å². The van der Waals surface area contributed by atoms with Crippen LogP contribution in [0.5, 0.6) is 5.75 Å². The summed E-state index contributed by atoms with van der Waals surface area (Å²) < 4.78 is 21.6. The van der Waals surface area contributed by atoms with E-state index in [1.807, 2.05) is 41.7 Å². The van der Waals surface area contributed by atoms with Crippen LogP contribution < -0.4 is 4.74 Å². The average molecular weight is 432 g/mol. The van der Waals surface area contributed by atoms with Crippen molar-refractivity contribution < 1.29 is 13.9 Å². The maximum atomic E-state index is 14.3. The Bertz CT molecular complexity index is 1300. The number of fused-ring (bicyclic) bond motifs is 1. The number of amides is 1. The molecule has 0 N–H and O–H groups in total. The van der Waals surface area contributed by atoms with Crippen LogP contribution in [0.2, 0.25) is 0 Å². The fourth-order valence-corrected chi connectivity index (χ4v) is 3.96. The number of nitrogens with zero attached hydrogens (tertiary/aromatic N) is 4. The molecule has 0 bridgehead atoms. The quantitative estimate of drug-likeness (QED) is 0.455. The number of hydrogen-bond donors (Lipinski definition) is 0. The second-order valence-electron chi connectivity index (χ2n) is 7.91. The Morgan fingerprint density at radius 2 is 1.88 bits per heavy atom. The number of carbonyl (C=O) groups excluding carboxylic acids is 1. The lowest BCUT2D eigenvalue weighted by molar-refractivity contribution is 0.0827. The molecule has 0 aliphatic heterocycles. The van der Waals surface area contributed by atoms with Crippen LogP contribution in [0, 0.1) is 12.7 Å². The number of hydrogen-bond acceptors (Lipinski definition) is 4. The highest BCUT2D eigenvalue weighted by molar-refractivity contribution is 5.95. The van der Waals surface area contributed by atoms with E-state index >= 15 is 0 Å². The summed E-state index contributed by atoms with van der Waals surface area (Å²) in [5, 5.41) is 8.43. The van der Waals surface area contributed by atoms with Gasteiger partial charge in [0.1, 0.15) is 17.9 Å². The van der Waals surface area contributed by atoms with Crippen molar-refractivity contribution in [2.45, 2.75) is 19.8 Å². The number of rotatable bonds is 6. The van der Waals surface area contributed by atoms with Crippen molar-refractivity contribution in [3.05, 3.63) is 83.1 Å².